The summed E-state index contributed by atoms with van der Waals surface area (Å²) in [5.41, 5.74) is 1.21. The van der Waals surface area contributed by atoms with Crippen LogP contribution in [-0.2, 0) is 18.2 Å². The maximum absolute atomic E-state index is 5.90. The van der Waals surface area contributed by atoms with E-state index in [1.807, 2.05) is 17.9 Å². The first-order chi connectivity index (χ1) is 8.92. The smallest absolute Gasteiger partial charge is 0.0626 e. The molecule has 1 atom stereocenters. The zero-order valence-electron chi connectivity index (χ0n) is 13.1. The van der Waals surface area contributed by atoms with Crippen molar-refractivity contribution in [3.63, 3.8) is 0 Å². The molecule has 0 saturated carbocycles. The molecule has 0 aliphatic heterocycles. The summed E-state index contributed by atoms with van der Waals surface area (Å²) in [5.74, 6) is 0. The summed E-state index contributed by atoms with van der Waals surface area (Å²) in [6.07, 6.45) is 5.12. The van der Waals surface area contributed by atoms with Gasteiger partial charge in [-0.05, 0) is 52.6 Å². The number of aromatic nitrogens is 2. The minimum Gasteiger partial charge on any atom is -0.374 e. The quantitative estimate of drug-likeness (QED) is 0.786. The van der Waals surface area contributed by atoms with Crippen LogP contribution in [0.25, 0.3) is 0 Å². The van der Waals surface area contributed by atoms with Crippen molar-refractivity contribution >= 4 is 0 Å². The minimum atomic E-state index is -0.0708. The average molecular weight is 267 g/mol. The van der Waals surface area contributed by atoms with E-state index in [1.165, 1.54) is 5.69 Å². The van der Waals surface area contributed by atoms with Crippen LogP contribution in [0.3, 0.4) is 0 Å². The highest BCUT2D eigenvalue weighted by Crippen LogP contribution is 2.10. The lowest BCUT2D eigenvalue weighted by atomic mass is 10.1. The highest BCUT2D eigenvalue weighted by molar-refractivity contribution is 5.00. The van der Waals surface area contributed by atoms with Gasteiger partial charge in [-0.2, -0.15) is 5.10 Å². The Labute approximate surface area is 117 Å². The Kier molecular flexibility index (Phi) is 6.52. The Bertz CT molecular complexity index is 355. The lowest BCUT2D eigenvalue weighted by molar-refractivity contribution is -0.0153. The fraction of sp³-hybridized carbons (Fsp3) is 0.800. The zero-order valence-corrected chi connectivity index (χ0v) is 13.1. The Morgan fingerprint density at radius 3 is 2.68 bits per heavy atom. The van der Waals surface area contributed by atoms with Gasteiger partial charge in [0.1, 0.15) is 0 Å². The Morgan fingerprint density at radius 1 is 1.42 bits per heavy atom. The predicted molar refractivity (Wildman–Crippen MR) is 79.3 cm³/mol. The number of aryl methyl sites for hydroxylation is 2. The van der Waals surface area contributed by atoms with Crippen LogP contribution >= 0.6 is 0 Å². The monoisotopic (exact) mass is 267 g/mol. The first-order valence-electron chi connectivity index (χ1n) is 7.26. The largest absolute Gasteiger partial charge is 0.374 e. The molecule has 1 unspecified atom stereocenters. The standard InChI is InChI=1S/C15H29N3O/c1-6-10-16-13(12-19-15(2,3)4)7-8-14-9-11-17-18(14)5/h9,11,13,16H,6-8,10,12H2,1-5H3. The van der Waals surface area contributed by atoms with Gasteiger partial charge in [-0.3, -0.25) is 4.68 Å². The van der Waals surface area contributed by atoms with Gasteiger partial charge in [0.15, 0.2) is 0 Å². The average Bonchev–Trinajstić information content (AvgIpc) is 2.73. The van der Waals surface area contributed by atoms with E-state index in [2.05, 4.69) is 44.2 Å². The summed E-state index contributed by atoms with van der Waals surface area (Å²) in [6, 6.07) is 2.50. The minimum absolute atomic E-state index is 0.0708. The highest BCUT2D eigenvalue weighted by Gasteiger charge is 2.15. The molecule has 19 heavy (non-hydrogen) atoms. The molecule has 0 aliphatic rings. The summed E-state index contributed by atoms with van der Waals surface area (Å²) in [7, 11) is 2.00. The van der Waals surface area contributed by atoms with Crippen molar-refractivity contribution in [2.24, 2.45) is 7.05 Å². The second kappa shape index (κ2) is 7.65. The third kappa shape index (κ3) is 6.73. The van der Waals surface area contributed by atoms with Crippen LogP contribution in [-0.4, -0.2) is 34.6 Å². The fourth-order valence-electron chi connectivity index (χ4n) is 1.91. The number of nitrogens with zero attached hydrogens (tertiary/aromatic N) is 2. The van der Waals surface area contributed by atoms with Gasteiger partial charge in [-0.25, -0.2) is 0 Å². The molecule has 4 heteroatoms. The molecule has 4 nitrogen and oxygen atoms in total. The van der Waals surface area contributed by atoms with Crippen molar-refractivity contribution in [3.05, 3.63) is 18.0 Å². The normalized spacial score (nSPS) is 13.7. The van der Waals surface area contributed by atoms with E-state index in [9.17, 15) is 0 Å². The summed E-state index contributed by atoms with van der Waals surface area (Å²) in [4.78, 5) is 0. The molecule has 0 spiro atoms. The van der Waals surface area contributed by atoms with Gasteiger partial charge in [0.05, 0.1) is 12.2 Å². The molecule has 110 valence electrons. The topological polar surface area (TPSA) is 39.1 Å². The fourth-order valence-corrected chi connectivity index (χ4v) is 1.91. The maximum Gasteiger partial charge on any atom is 0.0626 e. The number of hydrogen-bond acceptors (Lipinski definition) is 3. The highest BCUT2D eigenvalue weighted by atomic mass is 16.5. The molecule has 0 amide bonds. The Hall–Kier alpha value is -0.870. The SMILES string of the molecule is CCCNC(CCc1ccnn1C)COC(C)(C)C. The number of ether oxygens (including phenoxy) is 1. The van der Waals surface area contributed by atoms with Crippen molar-refractivity contribution in [1.82, 2.24) is 15.1 Å². The van der Waals surface area contributed by atoms with Gasteiger partial charge in [-0.1, -0.05) is 6.92 Å². The summed E-state index contributed by atoms with van der Waals surface area (Å²) in [6.45, 7) is 10.3. The van der Waals surface area contributed by atoms with Crippen LogP contribution in [0, 0.1) is 0 Å². The van der Waals surface area contributed by atoms with Crippen molar-refractivity contribution in [2.45, 2.75) is 58.6 Å². The van der Waals surface area contributed by atoms with Crippen LogP contribution in [0.5, 0.6) is 0 Å². The number of rotatable bonds is 8. The Balaban J connectivity index is 2.42. The molecule has 0 saturated heterocycles. The van der Waals surface area contributed by atoms with Crippen LogP contribution in [0.15, 0.2) is 12.3 Å². The third-order valence-electron chi connectivity index (χ3n) is 3.07. The molecule has 1 aromatic rings. The van der Waals surface area contributed by atoms with Gasteiger partial charge >= 0.3 is 0 Å². The first kappa shape index (κ1) is 16.2. The second-order valence-electron chi connectivity index (χ2n) is 6.06. The second-order valence-corrected chi connectivity index (χ2v) is 6.06. The van der Waals surface area contributed by atoms with Gasteiger partial charge in [0, 0.05) is 25.0 Å². The number of nitrogens with one attached hydrogen (secondary N) is 1. The van der Waals surface area contributed by atoms with Gasteiger partial charge in [-0.15, -0.1) is 0 Å². The van der Waals surface area contributed by atoms with Crippen molar-refractivity contribution in [1.29, 1.82) is 0 Å². The molecule has 1 heterocycles. The van der Waals surface area contributed by atoms with Gasteiger partial charge in [0.25, 0.3) is 0 Å². The van der Waals surface area contributed by atoms with E-state index < -0.39 is 0 Å². The summed E-state index contributed by atoms with van der Waals surface area (Å²) >= 11 is 0. The molecular formula is C15H29N3O. The summed E-state index contributed by atoms with van der Waals surface area (Å²) < 4.78 is 7.85. The third-order valence-corrected chi connectivity index (χ3v) is 3.07. The van der Waals surface area contributed by atoms with Gasteiger partial charge < -0.3 is 10.1 Å². The molecule has 1 N–H and O–H groups in total. The van der Waals surface area contributed by atoms with E-state index in [0.717, 1.165) is 32.4 Å². The molecule has 0 fully saturated rings. The van der Waals surface area contributed by atoms with Gasteiger partial charge in [0.2, 0.25) is 0 Å². The Morgan fingerprint density at radius 2 is 2.16 bits per heavy atom. The van der Waals surface area contributed by atoms with Crippen molar-refractivity contribution in [2.75, 3.05) is 13.2 Å². The van der Waals surface area contributed by atoms with E-state index in [0.29, 0.717) is 6.04 Å². The van der Waals surface area contributed by atoms with E-state index in [4.69, 9.17) is 4.74 Å². The zero-order chi connectivity index (χ0) is 14.3. The lowest BCUT2D eigenvalue weighted by Crippen LogP contribution is -2.37. The van der Waals surface area contributed by atoms with E-state index in [-0.39, 0.29) is 5.60 Å². The molecule has 0 bridgehead atoms. The van der Waals surface area contributed by atoms with E-state index >= 15 is 0 Å². The van der Waals surface area contributed by atoms with Crippen LogP contribution in [0.2, 0.25) is 0 Å². The van der Waals surface area contributed by atoms with Crippen molar-refractivity contribution < 1.29 is 4.74 Å². The molecular weight excluding hydrogens is 238 g/mol. The molecule has 0 aromatic carbocycles. The van der Waals surface area contributed by atoms with Crippen LogP contribution in [0.4, 0.5) is 0 Å². The van der Waals surface area contributed by atoms with Crippen LogP contribution in [0.1, 0.15) is 46.2 Å². The first-order valence-corrected chi connectivity index (χ1v) is 7.26. The van der Waals surface area contributed by atoms with E-state index in [1.54, 1.807) is 0 Å². The van der Waals surface area contributed by atoms with Crippen molar-refractivity contribution in [3.8, 4) is 0 Å². The predicted octanol–water partition coefficient (Wildman–Crippen LogP) is 2.54. The lowest BCUT2D eigenvalue weighted by Gasteiger charge is -2.25. The molecule has 1 rings (SSSR count). The van der Waals surface area contributed by atoms with Crippen LogP contribution < -0.4 is 5.32 Å². The number of hydrogen-bond donors (Lipinski definition) is 1. The molecule has 0 aliphatic carbocycles. The molecule has 0 radical (unpaired) electrons. The summed E-state index contributed by atoms with van der Waals surface area (Å²) in [5, 5.41) is 7.78. The maximum atomic E-state index is 5.90. The molecule has 1 aromatic heterocycles.